The van der Waals surface area contributed by atoms with Crippen molar-refractivity contribution in [1.29, 1.82) is 0 Å². The number of hydrogen-bond acceptors (Lipinski definition) is 10. The van der Waals surface area contributed by atoms with Crippen LogP contribution in [-0.2, 0) is 23.1 Å². The van der Waals surface area contributed by atoms with Gasteiger partial charge in [0.2, 0.25) is 5.91 Å². The van der Waals surface area contributed by atoms with E-state index in [0.717, 1.165) is 21.9 Å². The summed E-state index contributed by atoms with van der Waals surface area (Å²) >= 11 is 0. The van der Waals surface area contributed by atoms with Crippen LogP contribution >= 0.6 is 0 Å². The summed E-state index contributed by atoms with van der Waals surface area (Å²) in [6, 6.07) is 22.7. The Hall–Kier alpha value is -6.22. The zero-order chi connectivity index (χ0) is 41.3. The van der Waals surface area contributed by atoms with Crippen molar-refractivity contribution in [3.05, 3.63) is 113 Å². The zero-order valence-corrected chi connectivity index (χ0v) is 32.6. The van der Waals surface area contributed by atoms with E-state index in [1.165, 1.54) is 14.2 Å². The van der Waals surface area contributed by atoms with Crippen LogP contribution in [0.1, 0.15) is 53.5 Å². The van der Waals surface area contributed by atoms with Gasteiger partial charge in [-0.2, -0.15) is 0 Å². The number of ether oxygens (including phenoxy) is 3. The first-order valence-electron chi connectivity index (χ1n) is 18.2. The van der Waals surface area contributed by atoms with Crippen LogP contribution in [-0.4, -0.2) is 78.7 Å². The Morgan fingerprint density at radius 3 is 2.14 bits per heavy atom. The summed E-state index contributed by atoms with van der Waals surface area (Å²) in [5.74, 6) is 0.854. The molecule has 0 aliphatic heterocycles. The molecule has 0 unspecified atom stereocenters. The van der Waals surface area contributed by atoms with E-state index in [9.17, 15) is 29.7 Å². The van der Waals surface area contributed by atoms with Gasteiger partial charge < -0.3 is 51.2 Å². The summed E-state index contributed by atoms with van der Waals surface area (Å²) in [5.41, 5.74) is 8.04. The maximum Gasteiger partial charge on any atom is 0.323 e. The normalized spacial score (nSPS) is 11.5. The molecule has 5 aromatic rings. The van der Waals surface area contributed by atoms with Crippen molar-refractivity contribution in [2.24, 2.45) is 11.1 Å². The molecule has 0 saturated carbocycles. The molecule has 14 nitrogen and oxygen atoms in total. The molecule has 0 spiro atoms. The first-order valence-corrected chi connectivity index (χ1v) is 18.2. The number of rotatable bonds is 16. The molecule has 0 fully saturated rings. The average Bonchev–Trinajstić information content (AvgIpc) is 3.18. The van der Waals surface area contributed by atoms with E-state index < -0.39 is 43.1 Å². The lowest BCUT2D eigenvalue weighted by Gasteiger charge is -2.27. The number of benzene rings is 4. The van der Waals surface area contributed by atoms with E-state index in [0.29, 0.717) is 57.6 Å². The highest BCUT2D eigenvalue weighted by atomic mass is 16.5. The third-order valence-electron chi connectivity index (χ3n) is 9.48. The van der Waals surface area contributed by atoms with Gasteiger partial charge in [-0.15, -0.1) is 0 Å². The summed E-state index contributed by atoms with van der Waals surface area (Å²) in [4.78, 5) is 42.9. The summed E-state index contributed by atoms with van der Waals surface area (Å²) in [7, 11) is 2.96. The lowest BCUT2D eigenvalue weighted by Crippen LogP contribution is -2.45. The van der Waals surface area contributed by atoms with Crippen LogP contribution in [0, 0.1) is 5.41 Å². The molecule has 0 bridgehead atoms. The molecule has 0 aliphatic carbocycles. The molecule has 4 aromatic carbocycles. The molecule has 8 N–H and O–H groups in total. The van der Waals surface area contributed by atoms with Gasteiger partial charge in [-0.1, -0.05) is 51.1 Å². The van der Waals surface area contributed by atoms with Crippen molar-refractivity contribution in [2.45, 2.75) is 39.0 Å². The number of carbonyl (C=O) groups is 3. The van der Waals surface area contributed by atoms with Crippen LogP contribution in [0.3, 0.4) is 0 Å². The van der Waals surface area contributed by atoms with E-state index in [-0.39, 0.29) is 18.4 Å². The van der Waals surface area contributed by atoms with Gasteiger partial charge in [-0.25, -0.2) is 4.79 Å². The van der Waals surface area contributed by atoms with E-state index >= 15 is 0 Å². The highest BCUT2D eigenvalue weighted by Gasteiger charge is 2.29. The van der Waals surface area contributed by atoms with Crippen LogP contribution in [0.5, 0.6) is 23.0 Å². The number of urea groups is 1. The summed E-state index contributed by atoms with van der Waals surface area (Å²) in [6.07, 6.45) is 1.90. The van der Waals surface area contributed by atoms with Gasteiger partial charge in [0.25, 0.3) is 5.91 Å². The SMILES string of the molecule is COc1cc(Cc2cc(Oc3ccc(NC(=O)Nc4cc(C(C)(C)C)cc(CC(N)=O)c4OC)c4ccccc34)ccn2)cc(C(=O)NCC(CO)(CO)CO)c1. The van der Waals surface area contributed by atoms with Gasteiger partial charge in [-0.05, 0) is 59.0 Å². The molecule has 0 saturated heterocycles. The number of nitrogens with one attached hydrogen (secondary N) is 3. The Bertz CT molecular complexity index is 2240. The topological polar surface area (TPSA) is 215 Å². The lowest BCUT2D eigenvalue weighted by atomic mass is 9.85. The van der Waals surface area contributed by atoms with Crippen molar-refractivity contribution in [1.82, 2.24) is 10.3 Å². The molecule has 0 atom stereocenters. The molecule has 0 radical (unpaired) electrons. The predicted octanol–water partition coefficient (Wildman–Crippen LogP) is 5.30. The predicted molar refractivity (Wildman–Crippen MR) is 217 cm³/mol. The first-order chi connectivity index (χ1) is 27.2. The molecule has 1 aromatic heterocycles. The molecular formula is C43H49N5O9. The fraction of sp³-hybridized carbons (Fsp3) is 0.302. The lowest BCUT2D eigenvalue weighted by molar-refractivity contribution is -0.117. The fourth-order valence-corrected chi connectivity index (χ4v) is 6.17. The van der Waals surface area contributed by atoms with Gasteiger partial charge >= 0.3 is 6.03 Å². The Kier molecular flexibility index (Phi) is 13.4. The first kappa shape index (κ1) is 41.9. The fourth-order valence-electron chi connectivity index (χ4n) is 6.17. The van der Waals surface area contributed by atoms with Crippen molar-refractivity contribution in [3.8, 4) is 23.0 Å². The van der Waals surface area contributed by atoms with Crippen LogP contribution in [0.15, 0.2) is 85.1 Å². The van der Waals surface area contributed by atoms with Crippen molar-refractivity contribution < 1.29 is 43.9 Å². The number of nitrogens with two attached hydrogens (primary N) is 1. The van der Waals surface area contributed by atoms with E-state index in [1.54, 1.807) is 48.7 Å². The minimum atomic E-state index is -1.26. The number of primary amides is 1. The van der Waals surface area contributed by atoms with Gasteiger partial charge in [0.1, 0.15) is 23.0 Å². The van der Waals surface area contributed by atoms with Crippen LogP contribution in [0.2, 0.25) is 0 Å². The molecule has 14 heteroatoms. The van der Waals surface area contributed by atoms with Gasteiger partial charge in [0, 0.05) is 52.8 Å². The minimum Gasteiger partial charge on any atom is -0.497 e. The van der Waals surface area contributed by atoms with Gasteiger partial charge in [0.15, 0.2) is 0 Å². The number of pyridine rings is 1. The quantitative estimate of drug-likeness (QED) is 0.0687. The molecule has 5 rings (SSSR count). The Balaban J connectivity index is 1.35. The Morgan fingerprint density at radius 2 is 1.49 bits per heavy atom. The number of hydrogen-bond donors (Lipinski definition) is 7. The van der Waals surface area contributed by atoms with Crippen molar-refractivity contribution in [3.63, 3.8) is 0 Å². The third-order valence-corrected chi connectivity index (χ3v) is 9.48. The second kappa shape index (κ2) is 18.2. The standard InChI is InChI=1S/C43H49N5O9/c1-42(2,3)29-17-27(19-38(44)52)39(56-5)36(20-29)48-41(54)47-35-10-11-37(34-9-7-6-8-33(34)35)57-31-12-13-45-30(21-31)15-26-14-28(18-32(16-26)55-4)40(53)46-22-43(23-49,24-50)25-51/h6-14,16-18,20-21,49-51H,15,19,22-25H2,1-5H3,(H2,44,52)(H,46,53)(H2,47,48,54). The number of nitrogens with zero attached hydrogens (tertiary/aromatic N) is 1. The van der Waals surface area contributed by atoms with Crippen LogP contribution in [0.4, 0.5) is 16.2 Å². The number of amides is 4. The average molecular weight is 780 g/mol. The maximum atomic E-state index is 13.5. The molecule has 300 valence electrons. The summed E-state index contributed by atoms with van der Waals surface area (Å²) in [5, 5.41) is 38.9. The Morgan fingerprint density at radius 1 is 0.789 bits per heavy atom. The number of fused-ring (bicyclic) bond motifs is 1. The number of aliphatic hydroxyl groups excluding tert-OH is 3. The molecule has 4 amide bonds. The highest BCUT2D eigenvalue weighted by Crippen LogP contribution is 2.37. The maximum absolute atomic E-state index is 13.5. The van der Waals surface area contributed by atoms with E-state index in [2.05, 4.69) is 20.9 Å². The number of carbonyl (C=O) groups excluding carboxylic acids is 3. The molecule has 0 aliphatic rings. The molecule has 1 heterocycles. The van der Waals surface area contributed by atoms with Gasteiger partial charge in [0.05, 0.1) is 57.3 Å². The number of aromatic nitrogens is 1. The third kappa shape index (κ3) is 10.4. The summed E-state index contributed by atoms with van der Waals surface area (Å²) < 4.78 is 17.4. The smallest absolute Gasteiger partial charge is 0.323 e. The van der Waals surface area contributed by atoms with Crippen molar-refractivity contribution in [2.75, 3.05) is 51.2 Å². The van der Waals surface area contributed by atoms with E-state index in [1.807, 2.05) is 57.2 Å². The minimum absolute atomic E-state index is 0.0537. The number of methoxy groups -OCH3 is 2. The zero-order valence-electron chi connectivity index (χ0n) is 32.6. The van der Waals surface area contributed by atoms with Crippen LogP contribution in [0.25, 0.3) is 10.8 Å². The number of anilines is 2. The Labute approximate surface area is 331 Å². The van der Waals surface area contributed by atoms with Gasteiger partial charge in [-0.3, -0.25) is 14.6 Å². The van der Waals surface area contributed by atoms with E-state index in [4.69, 9.17) is 19.9 Å². The molecular weight excluding hydrogens is 730 g/mol. The van der Waals surface area contributed by atoms with Crippen molar-refractivity contribution >= 4 is 40.0 Å². The number of aliphatic hydroxyl groups is 3. The second-order valence-corrected chi connectivity index (χ2v) is 14.8. The molecule has 57 heavy (non-hydrogen) atoms. The highest BCUT2D eigenvalue weighted by molar-refractivity contribution is 6.08. The largest absolute Gasteiger partial charge is 0.497 e. The second-order valence-electron chi connectivity index (χ2n) is 14.8. The summed E-state index contributed by atoms with van der Waals surface area (Å²) in [6.45, 7) is 4.43. The van der Waals surface area contributed by atoms with Crippen LogP contribution < -0.4 is 35.9 Å². The monoisotopic (exact) mass is 779 g/mol.